The van der Waals surface area contributed by atoms with Crippen molar-refractivity contribution in [3.63, 3.8) is 0 Å². The summed E-state index contributed by atoms with van der Waals surface area (Å²) in [6, 6.07) is 73.2. The van der Waals surface area contributed by atoms with Gasteiger partial charge in [-0.3, -0.25) is 0 Å². The van der Waals surface area contributed by atoms with Gasteiger partial charge in [-0.1, -0.05) is 207 Å². The number of benzene rings is 9. The van der Waals surface area contributed by atoms with Crippen molar-refractivity contribution in [1.82, 2.24) is 0 Å². The molecule has 0 bridgehead atoms. The van der Waals surface area contributed by atoms with Gasteiger partial charge in [0.2, 0.25) is 0 Å². The van der Waals surface area contributed by atoms with Crippen LogP contribution in [-0.2, 0) is 27.1 Å². The van der Waals surface area contributed by atoms with E-state index in [1.54, 1.807) is 0 Å². The van der Waals surface area contributed by atoms with E-state index >= 15 is 0 Å². The quantitative estimate of drug-likeness (QED) is 0.170. The van der Waals surface area contributed by atoms with E-state index in [4.69, 9.17) is 0 Å². The first kappa shape index (κ1) is 41.7. The van der Waals surface area contributed by atoms with Crippen LogP contribution < -0.4 is 4.90 Å². The van der Waals surface area contributed by atoms with Crippen LogP contribution in [0.2, 0.25) is 0 Å². The summed E-state index contributed by atoms with van der Waals surface area (Å²) in [4.78, 5) is 2.65. The van der Waals surface area contributed by atoms with Crippen LogP contribution >= 0.6 is 0 Å². The van der Waals surface area contributed by atoms with Gasteiger partial charge >= 0.3 is 0 Å². The molecule has 5 aliphatic rings. The third-order valence-electron chi connectivity index (χ3n) is 18.2. The predicted octanol–water partition coefficient (Wildman–Crippen LogP) is 18.1. The smallest absolute Gasteiger partial charge is 0.0726 e. The number of nitrogens with zero attached hydrogens (tertiary/aromatic N) is 1. The second-order valence-corrected chi connectivity index (χ2v) is 23.5. The maximum Gasteiger partial charge on any atom is 0.0726 e. The minimum absolute atomic E-state index is 0.0481. The van der Waals surface area contributed by atoms with Gasteiger partial charge in [0, 0.05) is 27.8 Å². The minimum Gasteiger partial charge on any atom is -0.310 e. The topological polar surface area (TPSA) is 3.24 Å². The van der Waals surface area contributed by atoms with E-state index in [-0.39, 0.29) is 21.7 Å². The van der Waals surface area contributed by atoms with E-state index in [9.17, 15) is 0 Å². The van der Waals surface area contributed by atoms with Gasteiger partial charge in [0.25, 0.3) is 0 Å². The van der Waals surface area contributed by atoms with Crippen LogP contribution in [-0.4, -0.2) is 0 Å². The van der Waals surface area contributed by atoms with Crippen LogP contribution in [0.4, 0.5) is 17.1 Å². The predicted molar refractivity (Wildman–Crippen MR) is 293 cm³/mol. The lowest BCUT2D eigenvalue weighted by Gasteiger charge is -2.42. The fourth-order valence-corrected chi connectivity index (χ4v) is 14.4. The number of rotatable bonds is 4. The molecule has 5 aliphatic carbocycles. The average Bonchev–Trinajstić information content (AvgIpc) is 4.00. The Balaban J connectivity index is 1.11. The second kappa shape index (κ2) is 14.0. The number of anilines is 3. The molecular weight excluding hydrogens is 843 g/mol. The molecule has 1 spiro atoms. The molecule has 0 aromatic heterocycles. The summed E-state index contributed by atoms with van der Waals surface area (Å²) in [6.07, 6.45) is 2.35. The van der Waals surface area contributed by atoms with Crippen LogP contribution in [0.5, 0.6) is 0 Å². The Morgan fingerprint density at radius 1 is 0.286 bits per heavy atom. The third-order valence-corrected chi connectivity index (χ3v) is 18.2. The van der Waals surface area contributed by atoms with Gasteiger partial charge in [-0.15, -0.1) is 0 Å². The molecule has 0 atom stereocenters. The third kappa shape index (κ3) is 5.33. The summed E-state index contributed by atoms with van der Waals surface area (Å²) < 4.78 is 0. The lowest BCUT2D eigenvalue weighted by Crippen LogP contribution is -2.33. The van der Waals surface area contributed by atoms with E-state index in [1.807, 2.05) is 0 Å². The molecule has 0 radical (unpaired) electrons. The Morgan fingerprint density at radius 2 is 0.686 bits per heavy atom. The highest BCUT2D eigenvalue weighted by Crippen LogP contribution is 2.65. The molecule has 9 aromatic carbocycles. The molecule has 0 aliphatic heterocycles. The van der Waals surface area contributed by atoms with Crippen LogP contribution in [0.3, 0.4) is 0 Å². The summed E-state index contributed by atoms with van der Waals surface area (Å²) in [5.41, 5.74) is 29.9. The van der Waals surface area contributed by atoms with Gasteiger partial charge in [0.15, 0.2) is 0 Å². The summed E-state index contributed by atoms with van der Waals surface area (Å²) in [5, 5.41) is 0. The molecule has 0 fully saturated rings. The monoisotopic (exact) mass is 901 g/mol. The lowest BCUT2D eigenvalue weighted by atomic mass is 9.63. The lowest BCUT2D eigenvalue weighted by molar-refractivity contribution is 0.332. The van der Waals surface area contributed by atoms with Crippen molar-refractivity contribution in [2.45, 2.75) is 95.3 Å². The van der Waals surface area contributed by atoms with E-state index < -0.39 is 5.41 Å². The first-order valence-electron chi connectivity index (χ1n) is 25.6. The molecule has 0 saturated carbocycles. The van der Waals surface area contributed by atoms with Gasteiger partial charge in [-0.05, 0) is 166 Å². The Hall–Kier alpha value is -7.22. The highest BCUT2D eigenvalue weighted by molar-refractivity contribution is 6.01. The van der Waals surface area contributed by atoms with E-state index in [1.165, 1.54) is 135 Å². The normalized spacial score (nSPS) is 17.6. The molecule has 14 rings (SSSR count). The molecular formula is C69H59N. The Morgan fingerprint density at radius 3 is 1.17 bits per heavy atom. The molecule has 0 saturated heterocycles. The van der Waals surface area contributed by atoms with Crippen molar-refractivity contribution < 1.29 is 0 Å². The highest BCUT2D eigenvalue weighted by Gasteiger charge is 2.52. The maximum atomic E-state index is 2.65. The van der Waals surface area contributed by atoms with Gasteiger partial charge < -0.3 is 4.90 Å². The van der Waals surface area contributed by atoms with Gasteiger partial charge in [0.05, 0.1) is 11.1 Å². The summed E-state index contributed by atoms with van der Waals surface area (Å²) >= 11 is 0. The molecule has 340 valence electrons. The minimum atomic E-state index is -0.497. The fourth-order valence-electron chi connectivity index (χ4n) is 14.4. The highest BCUT2D eigenvalue weighted by atomic mass is 15.1. The SMILES string of the molecule is CC1(C)CCC(C)(C)c2cc(-c3cc4c(cc3N(c3ccc5c(c3)C(C)(C)c3ccccc3-5)c3ccc5c(c3)C(C)(C)c3ccccc3-5)C3(c5ccccc5-c5ccccc53)c3ccccc3-4)ccc21. The second-order valence-electron chi connectivity index (χ2n) is 23.5. The van der Waals surface area contributed by atoms with Gasteiger partial charge in [-0.25, -0.2) is 0 Å². The van der Waals surface area contributed by atoms with Crippen molar-refractivity contribution in [2.24, 2.45) is 0 Å². The standard InChI is InChI=1S/C69H59N/c1-65(2)35-36-66(3,4)63-37-42(29-34-59(63)65)52-40-53-49-23-13-18-28-58(49)69(56-26-16-11-21-47(56)48-22-12-17-27-57(48)69)62(53)41-64(52)70(43-30-32-50-45-19-9-14-24-54(45)67(5,6)60(50)38-43)44-31-33-51-46-20-10-15-25-55(46)68(7,8)61(51)39-44/h9-34,37-41H,35-36H2,1-8H3. The zero-order chi connectivity index (χ0) is 47.7. The Kier molecular flexibility index (Phi) is 8.33. The molecule has 1 heteroatoms. The van der Waals surface area contributed by atoms with E-state index in [2.05, 4.69) is 248 Å². The number of hydrogen-bond acceptors (Lipinski definition) is 1. The van der Waals surface area contributed by atoms with Crippen LogP contribution in [0, 0.1) is 0 Å². The van der Waals surface area contributed by atoms with Crippen molar-refractivity contribution in [3.8, 4) is 55.6 Å². The van der Waals surface area contributed by atoms with Crippen LogP contribution in [0.15, 0.2) is 188 Å². The molecule has 9 aromatic rings. The van der Waals surface area contributed by atoms with E-state index in [0.29, 0.717) is 0 Å². The van der Waals surface area contributed by atoms with Gasteiger partial charge in [0.1, 0.15) is 0 Å². The average molecular weight is 902 g/mol. The zero-order valence-electron chi connectivity index (χ0n) is 41.8. The van der Waals surface area contributed by atoms with Crippen molar-refractivity contribution >= 4 is 17.1 Å². The molecule has 0 amide bonds. The summed E-state index contributed by atoms with van der Waals surface area (Å²) in [6.45, 7) is 19.5. The van der Waals surface area contributed by atoms with Crippen molar-refractivity contribution in [2.75, 3.05) is 4.90 Å². The molecule has 0 N–H and O–H groups in total. The number of hydrogen-bond donors (Lipinski definition) is 0. The summed E-state index contributed by atoms with van der Waals surface area (Å²) in [5.74, 6) is 0. The van der Waals surface area contributed by atoms with Crippen molar-refractivity contribution in [3.05, 3.63) is 244 Å². The number of fused-ring (bicyclic) bond motifs is 17. The first-order chi connectivity index (χ1) is 33.7. The fraction of sp³-hybridized carbons (Fsp3) is 0.217. The first-order valence-corrected chi connectivity index (χ1v) is 25.6. The molecule has 70 heavy (non-hydrogen) atoms. The molecule has 1 nitrogen and oxygen atoms in total. The van der Waals surface area contributed by atoms with Crippen molar-refractivity contribution in [1.29, 1.82) is 0 Å². The summed E-state index contributed by atoms with van der Waals surface area (Å²) in [7, 11) is 0. The maximum absolute atomic E-state index is 2.65. The van der Waals surface area contributed by atoms with Crippen LogP contribution in [0.1, 0.15) is 124 Å². The molecule has 0 heterocycles. The largest absolute Gasteiger partial charge is 0.310 e. The zero-order valence-corrected chi connectivity index (χ0v) is 41.8. The Bertz CT molecular complexity index is 3590. The molecule has 0 unspecified atom stereocenters. The van der Waals surface area contributed by atoms with Gasteiger partial charge in [-0.2, -0.15) is 0 Å². The van der Waals surface area contributed by atoms with Crippen LogP contribution in [0.25, 0.3) is 55.6 Å². The Labute approximate surface area is 414 Å². The van der Waals surface area contributed by atoms with E-state index in [0.717, 1.165) is 6.42 Å².